The second-order valence-electron chi connectivity index (χ2n) is 3.44. The normalized spacial score (nSPS) is 21.5. The van der Waals surface area contributed by atoms with Gasteiger partial charge >= 0.3 is 0 Å². The summed E-state index contributed by atoms with van der Waals surface area (Å²) in [5.41, 5.74) is 1.09. The molecule has 0 bridgehead atoms. The van der Waals surface area contributed by atoms with E-state index in [1.54, 1.807) is 6.20 Å². The summed E-state index contributed by atoms with van der Waals surface area (Å²) in [6.45, 7) is 0.963. The minimum Gasteiger partial charge on any atom is -0.396 e. The van der Waals surface area contributed by atoms with Gasteiger partial charge in [-0.1, -0.05) is 0 Å². The molecule has 2 N–H and O–H groups in total. The number of nitrogens with zero attached hydrogens (tertiary/aromatic N) is 2. The molecular weight excluding hydrogens is 168 g/mol. The van der Waals surface area contributed by atoms with Crippen LogP contribution in [0.2, 0.25) is 0 Å². The first-order valence-corrected chi connectivity index (χ1v) is 4.63. The molecule has 0 saturated carbocycles. The standard InChI is InChI=1S/C9H14N2O2/c12-4-2-9-10-6-7-5-8(13)1-3-11(7)9/h6,8,12-13H,1-5H2. The average molecular weight is 182 g/mol. The monoisotopic (exact) mass is 182 g/mol. The smallest absolute Gasteiger partial charge is 0.111 e. The van der Waals surface area contributed by atoms with Crippen molar-refractivity contribution in [1.82, 2.24) is 9.55 Å². The van der Waals surface area contributed by atoms with Gasteiger partial charge in [-0.05, 0) is 6.42 Å². The van der Waals surface area contributed by atoms with Crippen molar-refractivity contribution in [3.8, 4) is 0 Å². The lowest BCUT2D eigenvalue weighted by Gasteiger charge is -2.20. The number of hydrogen-bond acceptors (Lipinski definition) is 3. The topological polar surface area (TPSA) is 58.3 Å². The molecule has 0 amide bonds. The Morgan fingerprint density at radius 3 is 3.23 bits per heavy atom. The van der Waals surface area contributed by atoms with Crippen molar-refractivity contribution >= 4 is 0 Å². The second kappa shape index (κ2) is 3.47. The first-order valence-electron chi connectivity index (χ1n) is 4.63. The van der Waals surface area contributed by atoms with E-state index < -0.39 is 0 Å². The number of rotatable bonds is 2. The van der Waals surface area contributed by atoms with Gasteiger partial charge in [-0.25, -0.2) is 4.98 Å². The highest BCUT2D eigenvalue weighted by atomic mass is 16.3. The summed E-state index contributed by atoms with van der Waals surface area (Å²) in [5, 5.41) is 18.2. The first-order chi connectivity index (χ1) is 6.31. The fourth-order valence-electron chi connectivity index (χ4n) is 1.81. The van der Waals surface area contributed by atoms with Crippen LogP contribution in [0.3, 0.4) is 0 Å². The van der Waals surface area contributed by atoms with E-state index in [-0.39, 0.29) is 12.7 Å². The summed E-state index contributed by atoms with van der Waals surface area (Å²) in [6, 6.07) is 0. The van der Waals surface area contributed by atoms with Crippen LogP contribution in [0, 0.1) is 0 Å². The predicted molar refractivity (Wildman–Crippen MR) is 47.3 cm³/mol. The molecule has 1 atom stereocenters. The maximum Gasteiger partial charge on any atom is 0.111 e. The zero-order valence-corrected chi connectivity index (χ0v) is 7.48. The van der Waals surface area contributed by atoms with Gasteiger partial charge in [0.1, 0.15) is 5.82 Å². The Labute approximate surface area is 76.8 Å². The van der Waals surface area contributed by atoms with E-state index in [1.807, 2.05) is 0 Å². The molecule has 0 radical (unpaired) electrons. The number of hydrogen-bond donors (Lipinski definition) is 2. The van der Waals surface area contributed by atoms with Gasteiger partial charge in [0.05, 0.1) is 12.7 Å². The molecule has 1 aromatic rings. The predicted octanol–water partition coefficient (Wildman–Crippen LogP) is -0.275. The third-order valence-corrected chi connectivity index (χ3v) is 2.49. The Kier molecular flexibility index (Phi) is 2.33. The fraction of sp³-hybridized carbons (Fsp3) is 0.667. The zero-order valence-electron chi connectivity index (χ0n) is 7.48. The van der Waals surface area contributed by atoms with Crippen LogP contribution in [0.1, 0.15) is 17.9 Å². The highest BCUT2D eigenvalue weighted by molar-refractivity contribution is 5.09. The lowest BCUT2D eigenvalue weighted by Crippen LogP contribution is -2.24. The molecule has 1 aromatic heterocycles. The van der Waals surface area contributed by atoms with Crippen LogP contribution in [0.25, 0.3) is 0 Å². The van der Waals surface area contributed by atoms with E-state index >= 15 is 0 Å². The van der Waals surface area contributed by atoms with Crippen molar-refractivity contribution in [2.45, 2.75) is 31.9 Å². The van der Waals surface area contributed by atoms with Crippen molar-refractivity contribution in [1.29, 1.82) is 0 Å². The van der Waals surface area contributed by atoms with Gasteiger partial charge in [0.2, 0.25) is 0 Å². The van der Waals surface area contributed by atoms with E-state index in [9.17, 15) is 5.11 Å². The number of imidazole rings is 1. The molecule has 0 fully saturated rings. The quantitative estimate of drug-likeness (QED) is 0.661. The Balaban J connectivity index is 2.23. The maximum atomic E-state index is 9.40. The number of fused-ring (bicyclic) bond motifs is 1. The molecule has 2 heterocycles. The third kappa shape index (κ3) is 1.59. The van der Waals surface area contributed by atoms with Crippen LogP contribution < -0.4 is 0 Å². The summed E-state index contributed by atoms with van der Waals surface area (Å²) in [4.78, 5) is 4.21. The summed E-state index contributed by atoms with van der Waals surface area (Å²) in [6.07, 6.45) is 3.68. The second-order valence-corrected chi connectivity index (χ2v) is 3.44. The van der Waals surface area contributed by atoms with Crippen LogP contribution in [-0.2, 0) is 19.4 Å². The molecule has 0 aromatic carbocycles. The highest BCUT2D eigenvalue weighted by Crippen LogP contribution is 2.17. The zero-order chi connectivity index (χ0) is 9.26. The van der Waals surface area contributed by atoms with E-state index in [1.165, 1.54) is 0 Å². The van der Waals surface area contributed by atoms with Gasteiger partial charge < -0.3 is 14.8 Å². The summed E-state index contributed by atoms with van der Waals surface area (Å²) < 4.78 is 2.10. The van der Waals surface area contributed by atoms with Crippen LogP contribution >= 0.6 is 0 Å². The Morgan fingerprint density at radius 1 is 1.62 bits per heavy atom. The molecule has 0 spiro atoms. The molecule has 4 heteroatoms. The fourth-order valence-corrected chi connectivity index (χ4v) is 1.81. The molecule has 2 rings (SSSR count). The van der Waals surface area contributed by atoms with Crippen LogP contribution in [0.4, 0.5) is 0 Å². The molecule has 1 aliphatic rings. The SMILES string of the molecule is OCCc1ncc2n1CCC(O)C2. The van der Waals surface area contributed by atoms with Crippen molar-refractivity contribution in [2.75, 3.05) is 6.61 Å². The molecular formula is C9H14N2O2. The molecule has 4 nitrogen and oxygen atoms in total. The van der Waals surface area contributed by atoms with E-state index in [4.69, 9.17) is 5.11 Å². The van der Waals surface area contributed by atoms with E-state index in [0.717, 1.165) is 24.5 Å². The van der Waals surface area contributed by atoms with Crippen LogP contribution in [-0.4, -0.2) is 32.5 Å². The van der Waals surface area contributed by atoms with Crippen molar-refractivity contribution in [3.05, 3.63) is 17.7 Å². The highest BCUT2D eigenvalue weighted by Gasteiger charge is 2.18. The first kappa shape index (κ1) is 8.72. The third-order valence-electron chi connectivity index (χ3n) is 2.49. The van der Waals surface area contributed by atoms with Gasteiger partial charge in [-0.15, -0.1) is 0 Å². The molecule has 1 unspecified atom stereocenters. The van der Waals surface area contributed by atoms with Gasteiger partial charge in [-0.3, -0.25) is 0 Å². The van der Waals surface area contributed by atoms with Crippen LogP contribution in [0.5, 0.6) is 0 Å². The van der Waals surface area contributed by atoms with Gasteiger partial charge in [0, 0.05) is 31.3 Å². The Bertz CT molecular complexity index is 282. The molecule has 0 saturated heterocycles. The lowest BCUT2D eigenvalue weighted by molar-refractivity contribution is 0.142. The molecule has 13 heavy (non-hydrogen) atoms. The van der Waals surface area contributed by atoms with Gasteiger partial charge in [-0.2, -0.15) is 0 Å². The van der Waals surface area contributed by atoms with Gasteiger partial charge in [0.25, 0.3) is 0 Å². The van der Waals surface area contributed by atoms with Crippen molar-refractivity contribution < 1.29 is 10.2 Å². The van der Waals surface area contributed by atoms with Crippen molar-refractivity contribution in [3.63, 3.8) is 0 Å². The largest absolute Gasteiger partial charge is 0.396 e. The van der Waals surface area contributed by atoms with Gasteiger partial charge in [0.15, 0.2) is 0 Å². The minimum absolute atomic E-state index is 0.138. The summed E-state index contributed by atoms with van der Waals surface area (Å²) >= 11 is 0. The number of aliphatic hydroxyl groups is 2. The minimum atomic E-state index is -0.217. The van der Waals surface area contributed by atoms with Crippen molar-refractivity contribution in [2.24, 2.45) is 0 Å². The lowest BCUT2D eigenvalue weighted by atomic mass is 10.1. The molecule has 1 aliphatic heterocycles. The maximum absolute atomic E-state index is 9.40. The Hall–Kier alpha value is -0.870. The Morgan fingerprint density at radius 2 is 2.46 bits per heavy atom. The number of aromatic nitrogens is 2. The van der Waals surface area contributed by atoms with Crippen LogP contribution in [0.15, 0.2) is 6.20 Å². The van der Waals surface area contributed by atoms with E-state index in [2.05, 4.69) is 9.55 Å². The average Bonchev–Trinajstić information content (AvgIpc) is 2.49. The number of aliphatic hydroxyl groups excluding tert-OH is 2. The van der Waals surface area contributed by atoms with E-state index in [0.29, 0.717) is 12.8 Å². The molecule has 72 valence electrons. The summed E-state index contributed by atoms with van der Waals surface area (Å²) in [5.74, 6) is 0.935. The molecule has 0 aliphatic carbocycles. The summed E-state index contributed by atoms with van der Waals surface area (Å²) in [7, 11) is 0.